The molecule has 0 bridgehead atoms. The second-order valence-corrected chi connectivity index (χ2v) is 4.61. The summed E-state index contributed by atoms with van der Waals surface area (Å²) in [4.78, 5) is 0. The van der Waals surface area contributed by atoms with Crippen LogP contribution in [0, 0.1) is 5.82 Å². The Morgan fingerprint density at radius 1 is 1.36 bits per heavy atom. The number of hydrogen-bond acceptors (Lipinski definition) is 1. The zero-order valence-corrected chi connectivity index (χ0v) is 8.73. The van der Waals surface area contributed by atoms with E-state index >= 15 is 0 Å². The van der Waals surface area contributed by atoms with Crippen molar-refractivity contribution in [2.45, 2.75) is 25.7 Å². The summed E-state index contributed by atoms with van der Waals surface area (Å²) in [6.45, 7) is 6.22. The number of rotatable bonds is 0. The zero-order chi connectivity index (χ0) is 10.2. The first kappa shape index (κ1) is 9.66. The van der Waals surface area contributed by atoms with Crippen LogP contribution >= 0.6 is 0 Å². The van der Waals surface area contributed by atoms with Crippen LogP contribution < -0.4 is 5.32 Å². The van der Waals surface area contributed by atoms with Gasteiger partial charge in [0.05, 0.1) is 0 Å². The Morgan fingerprint density at radius 2 is 2.14 bits per heavy atom. The molecule has 0 saturated carbocycles. The molecule has 2 heteroatoms. The van der Waals surface area contributed by atoms with Gasteiger partial charge in [-0.2, -0.15) is 0 Å². The van der Waals surface area contributed by atoms with Gasteiger partial charge in [0.2, 0.25) is 0 Å². The molecule has 0 fully saturated rings. The predicted molar refractivity (Wildman–Crippen MR) is 56.0 cm³/mol. The summed E-state index contributed by atoms with van der Waals surface area (Å²) in [6, 6.07) is 5.15. The quantitative estimate of drug-likeness (QED) is 0.666. The predicted octanol–water partition coefficient (Wildman–Crippen LogP) is 2.25. The monoisotopic (exact) mass is 193 g/mol. The molecule has 0 spiro atoms. The van der Waals surface area contributed by atoms with Crippen molar-refractivity contribution in [3.63, 3.8) is 0 Å². The van der Waals surface area contributed by atoms with Gasteiger partial charge < -0.3 is 5.32 Å². The molecule has 1 aliphatic rings. The molecule has 1 N–H and O–H groups in total. The summed E-state index contributed by atoms with van der Waals surface area (Å²) in [5.74, 6) is -0.126. The largest absolute Gasteiger partial charge is 0.316 e. The second kappa shape index (κ2) is 3.35. The van der Waals surface area contributed by atoms with E-state index < -0.39 is 0 Å². The molecule has 1 aliphatic heterocycles. The lowest BCUT2D eigenvalue weighted by molar-refractivity contribution is 0.485. The highest BCUT2D eigenvalue weighted by atomic mass is 19.1. The maximum absolute atomic E-state index is 13.2. The van der Waals surface area contributed by atoms with Crippen LogP contribution in [0.25, 0.3) is 0 Å². The van der Waals surface area contributed by atoms with Gasteiger partial charge in [-0.05, 0) is 36.2 Å². The Kier molecular flexibility index (Phi) is 2.31. The molecule has 1 aromatic rings. The number of nitrogens with one attached hydrogen (secondary N) is 1. The Balaban J connectivity index is 2.52. The maximum atomic E-state index is 13.2. The van der Waals surface area contributed by atoms with E-state index in [0.717, 1.165) is 25.1 Å². The highest BCUT2D eigenvalue weighted by Gasteiger charge is 2.25. The van der Waals surface area contributed by atoms with Crippen molar-refractivity contribution in [3.8, 4) is 0 Å². The minimum Gasteiger partial charge on any atom is -0.316 e. The highest BCUT2D eigenvalue weighted by molar-refractivity contribution is 5.35. The molecule has 0 radical (unpaired) electrons. The first-order valence-electron chi connectivity index (χ1n) is 5.09. The molecule has 0 aromatic heterocycles. The number of fused-ring (bicyclic) bond motifs is 1. The molecule has 1 aromatic carbocycles. The molecule has 1 heterocycles. The van der Waals surface area contributed by atoms with Gasteiger partial charge in [0.1, 0.15) is 5.82 Å². The summed E-state index contributed by atoms with van der Waals surface area (Å²) < 4.78 is 13.2. The lowest BCUT2D eigenvalue weighted by atomic mass is 9.82. The molecule has 0 amide bonds. The van der Waals surface area contributed by atoms with E-state index in [0.29, 0.717) is 0 Å². The van der Waals surface area contributed by atoms with Crippen molar-refractivity contribution < 1.29 is 4.39 Å². The lowest BCUT2D eigenvalue weighted by Gasteiger charge is -2.25. The van der Waals surface area contributed by atoms with Gasteiger partial charge in [0.25, 0.3) is 0 Å². The average Bonchev–Trinajstić information content (AvgIpc) is 2.26. The molecule has 0 aliphatic carbocycles. The van der Waals surface area contributed by atoms with Crippen LogP contribution in [0.4, 0.5) is 4.39 Å². The summed E-state index contributed by atoms with van der Waals surface area (Å²) in [7, 11) is 0. The van der Waals surface area contributed by atoms with E-state index in [4.69, 9.17) is 0 Å². The standard InChI is InChI=1S/C12H16FN/c1-12(2)8-14-6-5-9-3-4-10(13)7-11(9)12/h3-4,7,14H,5-6,8H2,1-2H3. The molecular weight excluding hydrogens is 177 g/mol. The van der Waals surface area contributed by atoms with Gasteiger partial charge in [-0.15, -0.1) is 0 Å². The summed E-state index contributed by atoms with van der Waals surface area (Å²) >= 11 is 0. The molecule has 14 heavy (non-hydrogen) atoms. The van der Waals surface area contributed by atoms with Crippen molar-refractivity contribution in [3.05, 3.63) is 35.1 Å². The molecule has 1 nitrogen and oxygen atoms in total. The number of benzene rings is 1. The van der Waals surface area contributed by atoms with Crippen LogP contribution in [0.15, 0.2) is 18.2 Å². The molecule has 0 unspecified atom stereocenters. The van der Waals surface area contributed by atoms with Crippen LogP contribution in [0.2, 0.25) is 0 Å². The second-order valence-electron chi connectivity index (χ2n) is 4.61. The van der Waals surface area contributed by atoms with Crippen molar-refractivity contribution >= 4 is 0 Å². The van der Waals surface area contributed by atoms with Crippen LogP contribution in [0.1, 0.15) is 25.0 Å². The maximum Gasteiger partial charge on any atom is 0.123 e. The minimum absolute atomic E-state index is 0.0356. The fourth-order valence-electron chi connectivity index (χ4n) is 2.12. The van der Waals surface area contributed by atoms with E-state index in [-0.39, 0.29) is 11.2 Å². The smallest absolute Gasteiger partial charge is 0.123 e. The van der Waals surface area contributed by atoms with Gasteiger partial charge >= 0.3 is 0 Å². The van der Waals surface area contributed by atoms with Gasteiger partial charge in [0.15, 0.2) is 0 Å². The molecule has 0 saturated heterocycles. The molecule has 76 valence electrons. The number of hydrogen-bond donors (Lipinski definition) is 1. The first-order chi connectivity index (χ1) is 6.59. The Morgan fingerprint density at radius 3 is 2.93 bits per heavy atom. The SMILES string of the molecule is CC1(C)CNCCc2ccc(F)cc21. The van der Waals surface area contributed by atoms with Crippen LogP contribution in [-0.4, -0.2) is 13.1 Å². The summed E-state index contributed by atoms with van der Waals surface area (Å²) in [5.41, 5.74) is 2.47. The van der Waals surface area contributed by atoms with Crippen LogP contribution in [-0.2, 0) is 11.8 Å². The normalized spacial score (nSPS) is 19.9. The Bertz CT molecular complexity index is 344. The third-order valence-electron chi connectivity index (χ3n) is 2.94. The topological polar surface area (TPSA) is 12.0 Å². The lowest BCUT2D eigenvalue weighted by Crippen LogP contribution is -2.31. The van der Waals surface area contributed by atoms with Gasteiger partial charge in [-0.25, -0.2) is 4.39 Å². The van der Waals surface area contributed by atoms with Gasteiger partial charge in [-0.1, -0.05) is 19.9 Å². The molecule has 2 rings (SSSR count). The zero-order valence-electron chi connectivity index (χ0n) is 8.73. The first-order valence-corrected chi connectivity index (χ1v) is 5.09. The van der Waals surface area contributed by atoms with E-state index in [1.807, 2.05) is 6.07 Å². The number of halogens is 1. The fourth-order valence-corrected chi connectivity index (χ4v) is 2.12. The van der Waals surface area contributed by atoms with E-state index in [2.05, 4.69) is 19.2 Å². The Hall–Kier alpha value is -0.890. The van der Waals surface area contributed by atoms with Crippen molar-refractivity contribution in [1.29, 1.82) is 0 Å². The average molecular weight is 193 g/mol. The molecule has 0 atom stereocenters. The summed E-state index contributed by atoms with van der Waals surface area (Å²) in [6.07, 6.45) is 0.999. The van der Waals surface area contributed by atoms with E-state index in [1.54, 1.807) is 12.1 Å². The van der Waals surface area contributed by atoms with E-state index in [1.165, 1.54) is 5.56 Å². The van der Waals surface area contributed by atoms with Crippen LogP contribution in [0.5, 0.6) is 0 Å². The fraction of sp³-hybridized carbons (Fsp3) is 0.500. The van der Waals surface area contributed by atoms with Gasteiger partial charge in [-0.3, -0.25) is 0 Å². The van der Waals surface area contributed by atoms with Gasteiger partial charge in [0, 0.05) is 12.0 Å². The van der Waals surface area contributed by atoms with E-state index in [9.17, 15) is 4.39 Å². The van der Waals surface area contributed by atoms with Crippen LogP contribution in [0.3, 0.4) is 0 Å². The van der Waals surface area contributed by atoms with Crippen molar-refractivity contribution in [1.82, 2.24) is 5.32 Å². The Labute approximate surface area is 84.3 Å². The third-order valence-corrected chi connectivity index (χ3v) is 2.94. The molecular formula is C12H16FN. The third kappa shape index (κ3) is 1.67. The van der Waals surface area contributed by atoms with Crippen molar-refractivity contribution in [2.24, 2.45) is 0 Å². The van der Waals surface area contributed by atoms with Crippen molar-refractivity contribution in [2.75, 3.05) is 13.1 Å². The highest BCUT2D eigenvalue weighted by Crippen LogP contribution is 2.28. The summed E-state index contributed by atoms with van der Waals surface area (Å²) in [5, 5.41) is 3.38. The minimum atomic E-state index is -0.126.